The first-order chi connectivity index (χ1) is 19.9. The van der Waals surface area contributed by atoms with Crippen LogP contribution < -0.4 is 16.5 Å². The van der Waals surface area contributed by atoms with Crippen molar-refractivity contribution in [1.82, 2.24) is 15.2 Å². The predicted octanol–water partition coefficient (Wildman–Crippen LogP) is 3.70. The zero-order valence-corrected chi connectivity index (χ0v) is 24.6. The van der Waals surface area contributed by atoms with Crippen LogP contribution in [0.2, 0.25) is 0 Å². The smallest absolute Gasteiger partial charge is 0.329 e. The molecule has 0 radical (unpaired) electrons. The van der Waals surface area contributed by atoms with Crippen LogP contribution in [0.1, 0.15) is 51.2 Å². The van der Waals surface area contributed by atoms with Crippen LogP contribution in [-0.4, -0.2) is 72.1 Å². The minimum absolute atomic E-state index is 0.203. The number of nitrogens with two attached hydrogens (primary N) is 1. The number of nitrogens with zero attached hydrogens (tertiary/aromatic N) is 4. The van der Waals surface area contributed by atoms with E-state index in [0.29, 0.717) is 36.6 Å². The quantitative estimate of drug-likeness (QED) is 0.136. The molecule has 0 aliphatic carbocycles. The maximum absolute atomic E-state index is 13.4. The number of piperidine rings is 1. The van der Waals surface area contributed by atoms with Gasteiger partial charge in [0, 0.05) is 38.1 Å². The Morgan fingerprint density at radius 3 is 2.57 bits per heavy atom. The molecule has 1 aliphatic heterocycles. The van der Waals surface area contributed by atoms with Gasteiger partial charge < -0.3 is 26.1 Å². The van der Waals surface area contributed by atoms with Gasteiger partial charge in [0.25, 0.3) is 0 Å². The summed E-state index contributed by atoms with van der Waals surface area (Å²) < 4.78 is 18.8. The fourth-order valence-corrected chi connectivity index (χ4v) is 4.76. The lowest BCUT2D eigenvalue weighted by atomic mass is 9.91. The summed E-state index contributed by atoms with van der Waals surface area (Å²) in [5.41, 5.74) is 1.16. The number of hydrogen-bond donors (Lipinski definition) is 3. The Bertz CT molecular complexity index is 1290. The Morgan fingerprint density at radius 2 is 1.93 bits per heavy atom. The number of nitrogens with one attached hydrogen (secondary N) is 2. The molecule has 4 N–H and O–H groups in total. The monoisotopic (exact) mass is 581 g/mol. The van der Waals surface area contributed by atoms with Crippen molar-refractivity contribution in [3.05, 3.63) is 65.5 Å². The highest BCUT2D eigenvalue weighted by Gasteiger charge is 2.32. The lowest BCUT2D eigenvalue weighted by molar-refractivity contribution is -0.159. The molecule has 0 saturated carbocycles. The molecule has 0 unspecified atom stereocenters. The molecule has 3 rings (SSSR count). The second-order valence-electron chi connectivity index (χ2n) is 11.3. The second-order valence-corrected chi connectivity index (χ2v) is 11.3. The van der Waals surface area contributed by atoms with E-state index in [9.17, 15) is 18.8 Å². The molecule has 0 bridgehead atoms. The van der Waals surface area contributed by atoms with Crippen molar-refractivity contribution >= 4 is 36.1 Å². The molecule has 3 amide bonds. The number of ether oxygens (including phenoxy) is 1. The molecular weight excluding hydrogens is 541 g/mol. The van der Waals surface area contributed by atoms with Gasteiger partial charge in [0.2, 0.25) is 5.91 Å². The summed E-state index contributed by atoms with van der Waals surface area (Å²) in [5, 5.41) is 14.2. The summed E-state index contributed by atoms with van der Waals surface area (Å²) in [4.78, 5) is 41.1. The highest BCUT2D eigenvalue weighted by Crippen LogP contribution is 2.22. The van der Waals surface area contributed by atoms with Crippen LogP contribution in [0.25, 0.3) is 0 Å². The first-order valence-corrected chi connectivity index (χ1v) is 13.8. The minimum Gasteiger partial charge on any atom is -0.458 e. The number of esters is 1. The molecule has 0 spiro atoms. The zero-order chi connectivity index (χ0) is 30.9. The average Bonchev–Trinajstić information content (AvgIpc) is 2.93. The van der Waals surface area contributed by atoms with E-state index < -0.39 is 23.6 Å². The number of rotatable bonds is 9. The Hall–Kier alpha value is -4.48. The summed E-state index contributed by atoms with van der Waals surface area (Å²) in [6.45, 7) is 9.66. The van der Waals surface area contributed by atoms with Crippen LogP contribution in [0.4, 0.5) is 14.9 Å². The molecule has 0 aromatic heterocycles. The number of carbonyl (C=O) groups is 3. The number of benzene rings is 2. The van der Waals surface area contributed by atoms with Gasteiger partial charge in [-0.1, -0.05) is 24.3 Å². The molecule has 2 atom stereocenters. The number of anilines is 1. The summed E-state index contributed by atoms with van der Waals surface area (Å²) in [6.07, 6.45) is 2.20. The van der Waals surface area contributed by atoms with Crippen LogP contribution in [0.3, 0.4) is 0 Å². The molecule has 12 heteroatoms. The minimum atomic E-state index is -1.21. The fraction of sp³-hybridized carbons (Fsp3) is 0.433. The van der Waals surface area contributed by atoms with Crippen molar-refractivity contribution < 1.29 is 23.5 Å². The van der Waals surface area contributed by atoms with Crippen LogP contribution in [0, 0.1) is 11.7 Å². The SMILES string of the molecule is C=NN(C)/C(=N\N)c1cccc(NC(=O)N[C@@H](CC(=O)N2CCC[C@@H](Cc3ccc(F)cc3)C2)C(=O)OC(C)(C)C)c1. The highest BCUT2D eigenvalue weighted by molar-refractivity contribution is 6.00. The summed E-state index contributed by atoms with van der Waals surface area (Å²) in [6, 6.07) is 11.2. The maximum atomic E-state index is 13.4. The molecule has 1 fully saturated rings. The van der Waals surface area contributed by atoms with Gasteiger partial charge in [-0.05, 0) is 75.8 Å². The fourth-order valence-electron chi connectivity index (χ4n) is 4.76. The van der Waals surface area contributed by atoms with Gasteiger partial charge in [-0.15, -0.1) is 0 Å². The normalized spacial score (nSPS) is 16.3. The Balaban J connectivity index is 1.69. The number of hydrazone groups is 2. The number of carbonyl (C=O) groups excluding carboxylic acids is 3. The summed E-state index contributed by atoms with van der Waals surface area (Å²) in [5.74, 6) is 4.76. The van der Waals surface area contributed by atoms with Crippen LogP contribution >= 0.6 is 0 Å². The molecule has 2 aromatic rings. The Kier molecular flexibility index (Phi) is 11.0. The maximum Gasteiger partial charge on any atom is 0.329 e. The third-order valence-electron chi connectivity index (χ3n) is 6.70. The van der Waals surface area contributed by atoms with E-state index in [0.717, 1.165) is 18.4 Å². The third kappa shape index (κ3) is 9.57. The first kappa shape index (κ1) is 32.0. The van der Waals surface area contributed by atoms with Gasteiger partial charge in [-0.3, -0.25) is 4.79 Å². The van der Waals surface area contributed by atoms with E-state index in [4.69, 9.17) is 10.6 Å². The van der Waals surface area contributed by atoms with Crippen LogP contribution in [0.15, 0.2) is 58.7 Å². The summed E-state index contributed by atoms with van der Waals surface area (Å²) in [7, 11) is 1.63. The number of halogens is 1. The highest BCUT2D eigenvalue weighted by atomic mass is 19.1. The molecule has 42 heavy (non-hydrogen) atoms. The molecular formula is C30H40FN7O4. The van der Waals surface area contributed by atoms with Crippen LogP contribution in [-0.2, 0) is 20.7 Å². The van der Waals surface area contributed by atoms with E-state index in [1.165, 1.54) is 17.1 Å². The van der Waals surface area contributed by atoms with E-state index >= 15 is 0 Å². The second kappa shape index (κ2) is 14.4. The molecule has 2 aromatic carbocycles. The average molecular weight is 582 g/mol. The van der Waals surface area contributed by atoms with E-state index in [-0.39, 0.29) is 24.1 Å². The Labute approximate surface area is 246 Å². The predicted molar refractivity (Wildman–Crippen MR) is 160 cm³/mol. The lowest BCUT2D eigenvalue weighted by Gasteiger charge is -2.34. The van der Waals surface area contributed by atoms with Crippen molar-refractivity contribution in [3.8, 4) is 0 Å². The van der Waals surface area contributed by atoms with E-state index in [2.05, 4.69) is 27.6 Å². The van der Waals surface area contributed by atoms with Crippen molar-refractivity contribution in [1.29, 1.82) is 0 Å². The number of amides is 3. The van der Waals surface area contributed by atoms with Crippen molar-refractivity contribution in [3.63, 3.8) is 0 Å². The van der Waals surface area contributed by atoms with Crippen molar-refractivity contribution in [2.45, 2.75) is 58.1 Å². The van der Waals surface area contributed by atoms with Gasteiger partial charge >= 0.3 is 12.0 Å². The lowest BCUT2D eigenvalue weighted by Crippen LogP contribution is -2.50. The zero-order valence-electron chi connectivity index (χ0n) is 24.6. The number of likely N-dealkylation sites (tertiary alicyclic amines) is 1. The molecule has 1 saturated heterocycles. The number of hydrogen-bond acceptors (Lipinski definition) is 7. The topological polar surface area (TPSA) is 142 Å². The molecule has 1 aliphatic rings. The van der Waals surface area contributed by atoms with Gasteiger partial charge in [0.15, 0.2) is 5.84 Å². The van der Waals surface area contributed by atoms with Gasteiger partial charge in [-0.25, -0.2) is 19.0 Å². The summed E-state index contributed by atoms with van der Waals surface area (Å²) >= 11 is 0. The molecule has 226 valence electrons. The molecule has 1 heterocycles. The van der Waals surface area contributed by atoms with Gasteiger partial charge in [0.1, 0.15) is 17.5 Å². The standard InChI is InChI=1S/C30H40FN7O4/c1-30(2,3)42-28(40)25(35-29(41)34-24-10-6-9-22(17-24)27(36-32)37(5)33-4)18-26(39)38-15-7-8-21(19-38)16-20-11-13-23(31)14-12-20/h6,9-14,17,21,25H,4,7-8,15-16,18-19,32H2,1-3,5H3,(H2,34,35,41)/b36-27-/t21-,25-/m0/s1. The van der Waals surface area contributed by atoms with Gasteiger partial charge in [0.05, 0.1) is 6.42 Å². The van der Waals surface area contributed by atoms with E-state index in [1.54, 1.807) is 69.1 Å². The van der Waals surface area contributed by atoms with Crippen molar-refractivity contribution in [2.75, 3.05) is 25.5 Å². The largest absolute Gasteiger partial charge is 0.458 e. The third-order valence-corrected chi connectivity index (χ3v) is 6.70. The van der Waals surface area contributed by atoms with Gasteiger partial charge in [-0.2, -0.15) is 10.2 Å². The first-order valence-electron chi connectivity index (χ1n) is 13.8. The molecule has 11 nitrogen and oxygen atoms in total. The number of urea groups is 1. The number of amidine groups is 1. The Morgan fingerprint density at radius 1 is 1.21 bits per heavy atom. The van der Waals surface area contributed by atoms with Crippen molar-refractivity contribution in [2.24, 2.45) is 22.0 Å². The van der Waals surface area contributed by atoms with Crippen LogP contribution in [0.5, 0.6) is 0 Å². The van der Waals surface area contributed by atoms with E-state index in [1.807, 2.05) is 0 Å².